The molecule has 114 valence electrons. The molecule has 0 amide bonds. The fourth-order valence-electron chi connectivity index (χ4n) is 3.27. The fourth-order valence-corrected chi connectivity index (χ4v) is 3.80. The van der Waals surface area contributed by atoms with Crippen LogP contribution in [0.5, 0.6) is 0 Å². The maximum Gasteiger partial charge on any atom is 0.169 e. The van der Waals surface area contributed by atoms with Crippen LogP contribution in [0.4, 0.5) is 0 Å². The highest BCUT2D eigenvalue weighted by Crippen LogP contribution is 2.48. The first-order valence-electron chi connectivity index (χ1n) is 7.56. The predicted molar refractivity (Wildman–Crippen MR) is 83.8 cm³/mol. The summed E-state index contributed by atoms with van der Waals surface area (Å²) in [6, 6.07) is 0. The van der Waals surface area contributed by atoms with Gasteiger partial charge < -0.3 is 14.2 Å². The molecule has 0 saturated carbocycles. The second-order valence-corrected chi connectivity index (χ2v) is 6.33. The summed E-state index contributed by atoms with van der Waals surface area (Å²) < 4.78 is 19.0. The summed E-state index contributed by atoms with van der Waals surface area (Å²) in [4.78, 5) is 0. The Morgan fingerprint density at radius 3 is 2.60 bits per heavy atom. The summed E-state index contributed by atoms with van der Waals surface area (Å²) >= 11 is 3.57. The normalized spacial score (nSPS) is 33.8. The zero-order valence-electron chi connectivity index (χ0n) is 12.6. The van der Waals surface area contributed by atoms with Gasteiger partial charge in [-0.2, -0.15) is 0 Å². The van der Waals surface area contributed by atoms with Crippen molar-refractivity contribution in [2.45, 2.75) is 46.0 Å². The smallest absolute Gasteiger partial charge is 0.169 e. The van der Waals surface area contributed by atoms with E-state index in [0.29, 0.717) is 19.1 Å². The van der Waals surface area contributed by atoms with E-state index in [2.05, 4.69) is 41.1 Å². The second kappa shape index (κ2) is 7.21. The molecule has 1 aliphatic carbocycles. The number of allylic oxidation sites excluding steroid dienone is 3. The minimum absolute atomic E-state index is 0.161. The Morgan fingerprint density at radius 1 is 1.40 bits per heavy atom. The first-order chi connectivity index (χ1) is 9.65. The Kier molecular flexibility index (Phi) is 5.84. The highest BCUT2D eigenvalue weighted by molar-refractivity contribution is 9.11. The van der Waals surface area contributed by atoms with Crippen molar-refractivity contribution in [3.8, 4) is 0 Å². The topological polar surface area (TPSA) is 27.7 Å². The van der Waals surface area contributed by atoms with Gasteiger partial charge in [-0.05, 0) is 32.6 Å². The summed E-state index contributed by atoms with van der Waals surface area (Å²) in [5.41, 5.74) is -0.236. The van der Waals surface area contributed by atoms with Crippen molar-refractivity contribution < 1.29 is 14.2 Å². The molecular weight excluding hydrogens is 320 g/mol. The zero-order chi connectivity index (χ0) is 14.6. The monoisotopic (exact) mass is 344 g/mol. The van der Waals surface area contributed by atoms with Crippen LogP contribution < -0.4 is 0 Å². The Balaban J connectivity index is 2.34. The standard InChI is InChI=1S/C16H25BrO3/c1-4-18-15(19-5-2)16(14-7-6-10-20-14)9-8-13(17)11-12(16)3/h8-9,11-12,14-15H,4-7,10H2,1-3H3. The lowest BCUT2D eigenvalue weighted by molar-refractivity contribution is -0.225. The molecule has 0 aromatic carbocycles. The minimum atomic E-state index is -0.260. The van der Waals surface area contributed by atoms with Crippen molar-refractivity contribution in [3.05, 3.63) is 22.7 Å². The van der Waals surface area contributed by atoms with Crippen molar-refractivity contribution >= 4 is 15.9 Å². The fraction of sp³-hybridized carbons (Fsp3) is 0.750. The van der Waals surface area contributed by atoms with Gasteiger partial charge in [-0.25, -0.2) is 0 Å². The SMILES string of the molecule is CCOC(OCC)C1(C2CCCO2)C=CC(Br)=CC1C. The lowest BCUT2D eigenvalue weighted by atomic mass is 9.68. The third kappa shape index (κ3) is 3.03. The van der Waals surface area contributed by atoms with Crippen molar-refractivity contribution in [2.24, 2.45) is 11.3 Å². The summed E-state index contributed by atoms with van der Waals surface area (Å²) in [5, 5.41) is 0. The first-order valence-corrected chi connectivity index (χ1v) is 8.35. The average Bonchev–Trinajstić information content (AvgIpc) is 2.94. The van der Waals surface area contributed by atoms with Gasteiger partial charge in [0.2, 0.25) is 0 Å². The lowest BCUT2D eigenvalue weighted by Crippen LogP contribution is -2.51. The van der Waals surface area contributed by atoms with Gasteiger partial charge in [-0.15, -0.1) is 0 Å². The van der Waals surface area contributed by atoms with Crippen LogP contribution in [0.2, 0.25) is 0 Å². The van der Waals surface area contributed by atoms with E-state index in [0.717, 1.165) is 23.9 Å². The molecule has 1 fully saturated rings. The zero-order valence-corrected chi connectivity index (χ0v) is 14.2. The molecule has 2 aliphatic rings. The largest absolute Gasteiger partial charge is 0.377 e. The van der Waals surface area contributed by atoms with Crippen molar-refractivity contribution in [1.82, 2.24) is 0 Å². The van der Waals surface area contributed by atoms with Crippen LogP contribution in [-0.4, -0.2) is 32.2 Å². The van der Waals surface area contributed by atoms with Crippen LogP contribution in [-0.2, 0) is 14.2 Å². The molecule has 3 unspecified atom stereocenters. The summed E-state index contributed by atoms with van der Waals surface area (Å²) in [6.45, 7) is 8.37. The van der Waals surface area contributed by atoms with Gasteiger partial charge in [0.25, 0.3) is 0 Å². The molecule has 1 heterocycles. The van der Waals surface area contributed by atoms with Crippen LogP contribution in [0.15, 0.2) is 22.7 Å². The molecule has 0 spiro atoms. The molecule has 3 nitrogen and oxygen atoms in total. The van der Waals surface area contributed by atoms with Gasteiger partial charge >= 0.3 is 0 Å². The third-order valence-electron chi connectivity index (χ3n) is 4.26. The van der Waals surface area contributed by atoms with Gasteiger partial charge in [0, 0.05) is 24.3 Å². The molecule has 0 bridgehead atoms. The highest BCUT2D eigenvalue weighted by Gasteiger charge is 2.51. The number of hydrogen-bond acceptors (Lipinski definition) is 3. The van der Waals surface area contributed by atoms with E-state index in [1.807, 2.05) is 13.8 Å². The number of ether oxygens (including phenoxy) is 3. The molecule has 4 heteroatoms. The van der Waals surface area contributed by atoms with Crippen molar-refractivity contribution in [3.63, 3.8) is 0 Å². The molecule has 0 aromatic rings. The molecular formula is C16H25BrO3. The second-order valence-electron chi connectivity index (χ2n) is 5.42. The maximum absolute atomic E-state index is 6.02. The molecule has 0 aromatic heterocycles. The average molecular weight is 345 g/mol. The van der Waals surface area contributed by atoms with Gasteiger partial charge in [-0.1, -0.05) is 41.1 Å². The third-order valence-corrected chi connectivity index (χ3v) is 4.79. The van der Waals surface area contributed by atoms with Crippen LogP contribution in [0.1, 0.15) is 33.6 Å². The van der Waals surface area contributed by atoms with Gasteiger partial charge in [-0.3, -0.25) is 0 Å². The van der Waals surface area contributed by atoms with Gasteiger partial charge in [0.05, 0.1) is 11.5 Å². The Morgan fingerprint density at radius 2 is 2.10 bits per heavy atom. The van der Waals surface area contributed by atoms with Crippen LogP contribution >= 0.6 is 15.9 Å². The van der Waals surface area contributed by atoms with Crippen LogP contribution in [0.25, 0.3) is 0 Å². The van der Waals surface area contributed by atoms with E-state index in [1.54, 1.807) is 0 Å². The summed E-state index contributed by atoms with van der Waals surface area (Å²) in [6.07, 6.45) is 8.64. The van der Waals surface area contributed by atoms with Crippen LogP contribution in [0, 0.1) is 11.3 Å². The highest BCUT2D eigenvalue weighted by atomic mass is 79.9. The van der Waals surface area contributed by atoms with E-state index in [1.165, 1.54) is 0 Å². The van der Waals surface area contributed by atoms with E-state index in [4.69, 9.17) is 14.2 Å². The summed E-state index contributed by atoms with van der Waals surface area (Å²) in [7, 11) is 0. The van der Waals surface area contributed by atoms with Crippen LogP contribution in [0.3, 0.4) is 0 Å². The molecule has 2 rings (SSSR count). The van der Waals surface area contributed by atoms with E-state index < -0.39 is 0 Å². The predicted octanol–water partition coefficient (Wildman–Crippen LogP) is 4.04. The van der Waals surface area contributed by atoms with Gasteiger partial charge in [0.1, 0.15) is 0 Å². The molecule has 1 aliphatic heterocycles. The Bertz CT molecular complexity index is 368. The number of halogens is 1. The van der Waals surface area contributed by atoms with Crippen molar-refractivity contribution in [1.29, 1.82) is 0 Å². The van der Waals surface area contributed by atoms with E-state index >= 15 is 0 Å². The van der Waals surface area contributed by atoms with Gasteiger partial charge in [0.15, 0.2) is 6.29 Å². The molecule has 1 saturated heterocycles. The maximum atomic E-state index is 6.02. The minimum Gasteiger partial charge on any atom is -0.377 e. The Hall–Kier alpha value is -0.160. The summed E-state index contributed by atoms with van der Waals surface area (Å²) in [5.74, 6) is 0.299. The molecule has 0 radical (unpaired) electrons. The molecule has 0 N–H and O–H groups in total. The first kappa shape index (κ1) is 16.2. The van der Waals surface area contributed by atoms with E-state index in [9.17, 15) is 0 Å². The Labute approximate surface area is 130 Å². The van der Waals surface area contributed by atoms with Crippen molar-refractivity contribution in [2.75, 3.05) is 19.8 Å². The quantitative estimate of drug-likeness (QED) is 0.680. The van der Waals surface area contributed by atoms with E-state index in [-0.39, 0.29) is 17.8 Å². The number of hydrogen-bond donors (Lipinski definition) is 0. The molecule has 20 heavy (non-hydrogen) atoms. The lowest BCUT2D eigenvalue weighted by Gasteiger charge is -2.46. The number of rotatable bonds is 6. The molecule has 3 atom stereocenters.